The molecule has 0 atom stereocenters. The van der Waals surface area contributed by atoms with Crippen LogP contribution in [0.25, 0.3) is 0 Å². The number of rotatable bonds is 16. The van der Waals surface area contributed by atoms with E-state index < -0.39 is 108 Å². The smallest absolute Gasteiger partial charge is 0.331 e. The van der Waals surface area contributed by atoms with Gasteiger partial charge in [0.1, 0.15) is 54.0 Å². The molecule has 0 aliphatic heterocycles. The minimum absolute atomic E-state index is 0.559. The largest absolute Gasteiger partial charge is 0.463 e. The first-order valence-corrected chi connectivity index (χ1v) is 22.1. The topological polar surface area (TPSA) is 222 Å². The Hall–Kier alpha value is 0.0800. The van der Waals surface area contributed by atoms with Gasteiger partial charge in [-0.1, -0.05) is 0 Å². The molecule has 0 unspecified atom stereocenters. The molecule has 0 aromatic rings. The summed E-state index contributed by atoms with van der Waals surface area (Å²) in [6.45, 7) is 8.77. The molecule has 0 aliphatic carbocycles. The molecule has 16 nitrogen and oxygen atoms in total. The summed E-state index contributed by atoms with van der Waals surface area (Å²) in [4.78, 5) is 103. The van der Waals surface area contributed by atoms with Gasteiger partial charge in [-0.3, -0.25) is 19.2 Å². The Bertz CT molecular complexity index is 1330. The highest BCUT2D eigenvalue weighted by Gasteiger charge is 2.46. The summed E-state index contributed by atoms with van der Waals surface area (Å²) in [5, 5.41) is 9.83. The molecule has 4 amide bonds. The Balaban J connectivity index is 7.01. The van der Waals surface area contributed by atoms with Gasteiger partial charge in [-0.2, -0.15) is 0 Å². The fraction of sp³-hybridized carbons (Fsp3) is 0.724. The highest BCUT2D eigenvalue weighted by Crippen LogP contribution is 2.36. The van der Waals surface area contributed by atoms with Crippen molar-refractivity contribution in [3.05, 3.63) is 0 Å². The van der Waals surface area contributed by atoms with Crippen LogP contribution in [-0.4, -0.2) is 103 Å². The summed E-state index contributed by atoms with van der Waals surface area (Å²) in [7, 11) is 0. The number of nitrogens with one attached hydrogen (secondary N) is 4. The lowest BCUT2D eigenvalue weighted by Crippen LogP contribution is -2.57. The number of amides is 4. The van der Waals surface area contributed by atoms with E-state index >= 15 is 0 Å². The van der Waals surface area contributed by atoms with Crippen LogP contribution in [0.1, 0.15) is 62.3 Å². The molecule has 4 N–H and O–H groups in total. The van der Waals surface area contributed by atoms with E-state index in [0.29, 0.717) is 0 Å². The number of alkyl halides is 9. The van der Waals surface area contributed by atoms with Crippen LogP contribution in [0.3, 0.4) is 0 Å². The molecule has 0 rings (SSSR count). The minimum Gasteiger partial charge on any atom is -0.463 e. The SMILES string of the molecule is CC(=O)NC(C)(C)C(=O)OCC(COC(=O)C(C)(C)NC(=O)C(Br)(Br)Br)(COC(=O)C(C)(C)NC(=O)C(Br)(Br)Br)COC(=O)C(C)(C)NC(=O)C(Br)(Br)Br. The maximum Gasteiger partial charge on any atom is 0.331 e. The van der Waals surface area contributed by atoms with Crippen LogP contribution >= 0.6 is 143 Å². The van der Waals surface area contributed by atoms with Gasteiger partial charge in [0.25, 0.3) is 17.7 Å². The summed E-state index contributed by atoms with van der Waals surface area (Å²) < 4.78 is 18.1. The number of halogens is 9. The zero-order chi connectivity index (χ0) is 43.1. The third-order valence-corrected chi connectivity index (χ3v) is 9.86. The highest BCUT2D eigenvalue weighted by molar-refractivity contribution is 9.40. The maximum atomic E-state index is 13.4. The molecule has 0 fully saturated rings. The van der Waals surface area contributed by atoms with E-state index in [1.165, 1.54) is 62.3 Å². The summed E-state index contributed by atoms with van der Waals surface area (Å²) in [5.41, 5.74) is -8.57. The van der Waals surface area contributed by atoms with Gasteiger partial charge >= 0.3 is 23.9 Å². The van der Waals surface area contributed by atoms with Crippen molar-refractivity contribution in [1.29, 1.82) is 0 Å². The van der Waals surface area contributed by atoms with E-state index in [0.717, 1.165) is 0 Å². The van der Waals surface area contributed by atoms with Crippen molar-refractivity contribution in [3.8, 4) is 0 Å². The number of esters is 4. The van der Waals surface area contributed by atoms with Gasteiger partial charge in [-0.05, 0) is 199 Å². The molecule has 54 heavy (non-hydrogen) atoms. The monoisotopic (exact) mass is 1350 g/mol. The lowest BCUT2D eigenvalue weighted by atomic mass is 9.91. The fourth-order valence-electron chi connectivity index (χ4n) is 3.55. The van der Waals surface area contributed by atoms with E-state index in [-0.39, 0.29) is 0 Å². The summed E-state index contributed by atoms with van der Waals surface area (Å²) >= 11 is 27.6. The summed E-state index contributed by atoms with van der Waals surface area (Å²) in [5.74, 6) is -6.77. The molecule has 0 aromatic carbocycles. The van der Waals surface area contributed by atoms with Crippen LogP contribution in [0.15, 0.2) is 0 Å². The minimum atomic E-state index is -1.90. The van der Waals surface area contributed by atoms with Gasteiger partial charge in [0.15, 0.2) is 0 Å². The van der Waals surface area contributed by atoms with Gasteiger partial charge in [0.2, 0.25) is 12.3 Å². The molecule has 25 heteroatoms. The predicted molar refractivity (Wildman–Crippen MR) is 229 cm³/mol. The Labute approximate surface area is 388 Å². The number of hydrogen-bond donors (Lipinski definition) is 4. The van der Waals surface area contributed by atoms with E-state index in [4.69, 9.17) is 18.9 Å². The fourth-order valence-corrected chi connectivity index (χ4v) is 4.45. The first-order chi connectivity index (χ1) is 23.8. The standard InChI is InChI=1S/C29H39Br9N4O12/c1-14(43)39-22(2,3)18(47)51-10-26(11-52-19(48)23(4,5)40-15(44)27(30,31)32,12-53-20(49)24(6,7)41-16(45)28(33,34)35)13-54-21(50)25(8,9)42-17(46)29(36,37)38/h10-13H2,1-9H3,(H,39,43)(H,40,44)(H,41,45)(H,42,46). The second kappa shape index (κ2) is 20.4. The third-order valence-electron chi connectivity index (χ3n) is 6.62. The molecule has 0 radical (unpaired) electrons. The van der Waals surface area contributed by atoms with Gasteiger partial charge in [0.05, 0.1) is 0 Å². The zero-order valence-corrected chi connectivity index (χ0v) is 44.4. The van der Waals surface area contributed by atoms with Gasteiger partial charge < -0.3 is 40.2 Å². The van der Waals surface area contributed by atoms with Crippen LogP contribution in [0, 0.1) is 5.41 Å². The van der Waals surface area contributed by atoms with Crippen molar-refractivity contribution >= 4 is 191 Å². The average Bonchev–Trinajstić information content (AvgIpc) is 2.96. The number of hydrogen-bond acceptors (Lipinski definition) is 12. The normalized spacial score (nSPS) is 13.1. The van der Waals surface area contributed by atoms with E-state index in [1.807, 2.05) is 0 Å². The molecule has 0 saturated carbocycles. The zero-order valence-electron chi connectivity index (χ0n) is 30.1. The summed E-state index contributed by atoms with van der Waals surface area (Å²) in [6, 6.07) is 0. The van der Waals surface area contributed by atoms with Crippen LogP contribution in [0.5, 0.6) is 0 Å². The molecule has 310 valence electrons. The lowest BCUT2D eigenvalue weighted by molar-refractivity contribution is -0.179. The van der Waals surface area contributed by atoms with E-state index in [9.17, 15) is 38.4 Å². The number of carbonyl (C=O) groups excluding carboxylic acids is 8. The first-order valence-electron chi connectivity index (χ1n) is 15.0. The van der Waals surface area contributed by atoms with Crippen LogP contribution in [-0.2, 0) is 57.3 Å². The first kappa shape index (κ1) is 54.1. The van der Waals surface area contributed by atoms with Crippen molar-refractivity contribution in [3.63, 3.8) is 0 Å². The lowest BCUT2D eigenvalue weighted by Gasteiger charge is -2.36. The van der Waals surface area contributed by atoms with Gasteiger partial charge in [-0.15, -0.1) is 0 Å². The van der Waals surface area contributed by atoms with Gasteiger partial charge in [-0.25, -0.2) is 19.2 Å². The molecule has 0 aromatic heterocycles. The van der Waals surface area contributed by atoms with Crippen LogP contribution < -0.4 is 21.3 Å². The van der Waals surface area contributed by atoms with Crippen LogP contribution in [0.4, 0.5) is 0 Å². The number of ether oxygens (including phenoxy) is 4. The highest BCUT2D eigenvalue weighted by atomic mass is 80.0. The van der Waals surface area contributed by atoms with E-state index in [2.05, 4.69) is 165 Å². The second-order valence-electron chi connectivity index (χ2n) is 13.8. The Morgan fingerprint density at radius 3 is 0.741 bits per heavy atom. The predicted octanol–water partition coefficient (Wildman–Crippen LogP) is 5.26. The Morgan fingerprint density at radius 1 is 0.389 bits per heavy atom. The molecular formula is C29H39Br9N4O12. The Kier molecular flexibility index (Phi) is 20.4. The van der Waals surface area contributed by atoms with Crippen molar-refractivity contribution < 1.29 is 57.3 Å². The maximum absolute atomic E-state index is 13.4. The summed E-state index contributed by atoms with van der Waals surface area (Å²) in [6.07, 6.45) is 0. The number of carbonyl (C=O) groups is 8. The second-order valence-corrected chi connectivity index (χ2v) is 34.1. The van der Waals surface area contributed by atoms with Gasteiger partial charge in [0, 0.05) is 6.92 Å². The van der Waals surface area contributed by atoms with Crippen molar-refractivity contribution in [2.24, 2.45) is 5.41 Å². The molecule has 0 aliphatic rings. The molecule has 0 heterocycles. The van der Waals surface area contributed by atoms with Crippen molar-refractivity contribution in [2.75, 3.05) is 26.4 Å². The molecular weight excluding hydrogens is 1320 g/mol. The molecule has 0 spiro atoms. The Morgan fingerprint density at radius 2 is 0.574 bits per heavy atom. The van der Waals surface area contributed by atoms with Crippen LogP contribution in [0.2, 0.25) is 0 Å². The van der Waals surface area contributed by atoms with Crippen molar-refractivity contribution in [1.82, 2.24) is 21.3 Å². The third kappa shape index (κ3) is 18.3. The average molecular weight is 1350 g/mol. The van der Waals surface area contributed by atoms with Crippen molar-refractivity contribution in [2.45, 2.75) is 90.9 Å². The quantitative estimate of drug-likeness (QED) is 0.0884. The van der Waals surface area contributed by atoms with E-state index in [1.54, 1.807) is 0 Å². The molecule has 0 bridgehead atoms. The molecule has 0 saturated heterocycles.